The number of hydrogen-bond donors (Lipinski definition) is 0. The van der Waals surface area contributed by atoms with Gasteiger partial charge >= 0.3 is 5.97 Å². The van der Waals surface area contributed by atoms with E-state index in [-0.39, 0.29) is 22.8 Å². The molecule has 0 bridgehead atoms. The van der Waals surface area contributed by atoms with E-state index in [2.05, 4.69) is 29.2 Å². The summed E-state index contributed by atoms with van der Waals surface area (Å²) in [5, 5.41) is 0. The van der Waals surface area contributed by atoms with E-state index in [0.717, 1.165) is 20.3 Å². The molecule has 0 amide bonds. The van der Waals surface area contributed by atoms with Crippen molar-refractivity contribution in [1.82, 2.24) is 4.31 Å². The van der Waals surface area contributed by atoms with E-state index in [9.17, 15) is 18.0 Å². The van der Waals surface area contributed by atoms with Crippen molar-refractivity contribution in [2.75, 3.05) is 13.7 Å². The third-order valence-electron chi connectivity index (χ3n) is 6.25. The van der Waals surface area contributed by atoms with E-state index in [1.54, 1.807) is 36.4 Å². The van der Waals surface area contributed by atoms with Gasteiger partial charge in [0.25, 0.3) is 0 Å². The Balaban J connectivity index is 2.03. The summed E-state index contributed by atoms with van der Waals surface area (Å²) in [7, 11) is -2.84. The van der Waals surface area contributed by atoms with Crippen LogP contribution in [0.3, 0.4) is 0 Å². The zero-order valence-electron chi connectivity index (χ0n) is 19.3. The van der Waals surface area contributed by atoms with E-state index in [4.69, 9.17) is 4.74 Å². The van der Waals surface area contributed by atoms with Crippen LogP contribution < -0.4 is 0 Å². The van der Waals surface area contributed by atoms with Crippen LogP contribution in [0.1, 0.15) is 11.1 Å². The van der Waals surface area contributed by atoms with Gasteiger partial charge in [0.1, 0.15) is 0 Å². The summed E-state index contributed by atoms with van der Waals surface area (Å²) in [6.07, 6.45) is 6.16. The van der Waals surface area contributed by atoms with Gasteiger partial charge in [-0.2, -0.15) is 4.31 Å². The van der Waals surface area contributed by atoms with Crippen molar-refractivity contribution < 1.29 is 22.7 Å². The average Bonchev–Trinajstić information content (AvgIpc) is 2.85. The maximum Gasteiger partial charge on any atom is 0.334 e. The van der Waals surface area contributed by atoms with Gasteiger partial charge in [0, 0.05) is 15.7 Å². The smallest absolute Gasteiger partial charge is 0.334 e. The fourth-order valence-corrected chi connectivity index (χ4v) is 7.61. The van der Waals surface area contributed by atoms with Crippen LogP contribution in [0.2, 0.25) is 0 Å². The zero-order chi connectivity index (χ0) is 25.4. The first-order valence-corrected chi connectivity index (χ1v) is 13.4. The van der Waals surface area contributed by atoms with Crippen molar-refractivity contribution in [2.24, 2.45) is 5.41 Å². The van der Waals surface area contributed by atoms with Crippen LogP contribution in [0, 0.1) is 12.3 Å². The number of esters is 1. The van der Waals surface area contributed by atoms with Crippen LogP contribution in [0.15, 0.2) is 99.5 Å². The molecule has 0 saturated heterocycles. The molecule has 1 heterocycles. The molecule has 1 aliphatic carbocycles. The lowest BCUT2D eigenvalue weighted by molar-refractivity contribution is -0.136. The molecule has 2 aromatic rings. The molecule has 35 heavy (non-hydrogen) atoms. The number of rotatable bonds is 5. The Morgan fingerprint density at radius 3 is 2.26 bits per heavy atom. The quantitative estimate of drug-likeness (QED) is 0.284. The molecule has 8 heteroatoms. The third kappa shape index (κ3) is 4.46. The van der Waals surface area contributed by atoms with E-state index in [0.29, 0.717) is 0 Å². The minimum absolute atomic E-state index is 0.0239. The lowest BCUT2D eigenvalue weighted by atomic mass is 9.65. The number of sulfonamides is 1. The molecule has 0 fully saturated rings. The number of methoxy groups -OCH3 is 1. The number of allylic oxidation sites excluding steroid dienone is 2. The Morgan fingerprint density at radius 2 is 1.69 bits per heavy atom. The highest BCUT2D eigenvalue weighted by Gasteiger charge is 2.53. The molecule has 1 aliphatic heterocycles. The first-order valence-electron chi connectivity index (χ1n) is 10.8. The number of nitrogens with zero attached hydrogens (tertiary/aromatic N) is 1. The summed E-state index contributed by atoms with van der Waals surface area (Å²) in [4.78, 5) is 25.1. The molecule has 180 valence electrons. The predicted octanol–water partition coefficient (Wildman–Crippen LogP) is 4.62. The van der Waals surface area contributed by atoms with Crippen molar-refractivity contribution in [3.05, 3.63) is 106 Å². The molecule has 6 nitrogen and oxygen atoms in total. The number of ether oxygens (including phenoxy) is 1. The van der Waals surface area contributed by atoms with Crippen LogP contribution in [0.4, 0.5) is 0 Å². The summed E-state index contributed by atoms with van der Waals surface area (Å²) in [6.45, 7) is 5.89. The summed E-state index contributed by atoms with van der Waals surface area (Å²) in [5.41, 5.74) is 1.41. The average molecular weight is 601 g/mol. The largest absolute Gasteiger partial charge is 0.466 e. The molecule has 2 aromatic carbocycles. The van der Waals surface area contributed by atoms with Gasteiger partial charge in [0.05, 0.1) is 23.5 Å². The molecule has 2 aliphatic rings. The number of benzene rings is 2. The number of ketones is 1. The van der Waals surface area contributed by atoms with E-state index >= 15 is 0 Å². The normalized spacial score (nSPS) is 19.7. The van der Waals surface area contributed by atoms with Gasteiger partial charge < -0.3 is 4.74 Å². The Morgan fingerprint density at radius 1 is 1.09 bits per heavy atom. The second-order valence-corrected chi connectivity index (χ2v) is 11.6. The Hall–Kier alpha value is -2.82. The molecule has 0 radical (unpaired) electrons. The minimum Gasteiger partial charge on any atom is -0.466 e. The number of hydrogen-bond acceptors (Lipinski definition) is 5. The van der Waals surface area contributed by atoms with E-state index in [1.807, 2.05) is 37.3 Å². The lowest BCUT2D eigenvalue weighted by Gasteiger charge is -2.48. The summed E-state index contributed by atoms with van der Waals surface area (Å²) >= 11 is 2.15. The third-order valence-corrected chi connectivity index (χ3v) is 8.96. The van der Waals surface area contributed by atoms with E-state index < -0.39 is 27.4 Å². The predicted molar refractivity (Wildman–Crippen MR) is 143 cm³/mol. The van der Waals surface area contributed by atoms with Gasteiger partial charge in [-0.1, -0.05) is 66.8 Å². The molecule has 1 atom stereocenters. The molecule has 0 aromatic heterocycles. The van der Waals surface area contributed by atoms with Crippen molar-refractivity contribution in [1.29, 1.82) is 0 Å². The molecule has 1 spiro atoms. The van der Waals surface area contributed by atoms with Crippen molar-refractivity contribution >= 4 is 49.9 Å². The Labute approximate surface area is 218 Å². The zero-order valence-corrected chi connectivity index (χ0v) is 22.2. The maximum absolute atomic E-state index is 14.0. The first kappa shape index (κ1) is 25.3. The fraction of sp³-hybridized carbons (Fsp3) is 0.185. The van der Waals surface area contributed by atoms with Gasteiger partial charge in [0.2, 0.25) is 10.0 Å². The van der Waals surface area contributed by atoms with Gasteiger partial charge in [-0.25, -0.2) is 13.2 Å². The Bertz CT molecular complexity index is 1370. The Kier molecular flexibility index (Phi) is 6.99. The second-order valence-electron chi connectivity index (χ2n) is 8.43. The van der Waals surface area contributed by atoms with Crippen LogP contribution in [0.5, 0.6) is 0 Å². The number of carbonyl (C=O) groups is 2. The number of carbonyl (C=O) groups excluding carboxylic acids is 2. The highest BCUT2D eigenvalue weighted by atomic mass is 127. The van der Waals surface area contributed by atoms with Crippen LogP contribution in [0.25, 0.3) is 5.57 Å². The van der Waals surface area contributed by atoms with Crippen molar-refractivity contribution in [3.63, 3.8) is 0 Å². The summed E-state index contributed by atoms with van der Waals surface area (Å²) in [6, 6.07) is 15.0. The maximum atomic E-state index is 14.0. The molecule has 1 unspecified atom stereocenters. The molecule has 0 N–H and O–H groups in total. The molecular weight excluding hydrogens is 577 g/mol. The fourth-order valence-electron chi connectivity index (χ4n) is 4.60. The van der Waals surface area contributed by atoms with Crippen LogP contribution >= 0.6 is 22.6 Å². The van der Waals surface area contributed by atoms with Crippen LogP contribution in [-0.4, -0.2) is 44.2 Å². The molecule has 0 saturated carbocycles. The van der Waals surface area contributed by atoms with Crippen LogP contribution in [-0.2, 0) is 24.3 Å². The SMILES string of the molecule is C=C(C(=O)OC)C1N(S(=O)(=O)c2ccc(C)cc2)CC(I)=C(c2ccccc2)C12C=CC(=O)C=C2. The minimum atomic E-state index is -4.07. The number of aryl methyl sites for hydroxylation is 1. The number of halogens is 1. The van der Waals surface area contributed by atoms with Gasteiger partial charge in [-0.15, -0.1) is 0 Å². The first-order chi connectivity index (χ1) is 16.6. The van der Waals surface area contributed by atoms with Crippen molar-refractivity contribution in [3.8, 4) is 0 Å². The van der Waals surface area contributed by atoms with E-state index in [1.165, 1.54) is 23.6 Å². The molecular formula is C27H24INO5S. The second kappa shape index (κ2) is 9.67. The summed E-state index contributed by atoms with van der Waals surface area (Å²) < 4.78 is 35.0. The topological polar surface area (TPSA) is 80.8 Å². The highest BCUT2D eigenvalue weighted by molar-refractivity contribution is 14.1. The van der Waals surface area contributed by atoms with Gasteiger partial charge in [0.15, 0.2) is 5.78 Å². The molecule has 4 rings (SSSR count). The summed E-state index contributed by atoms with van der Waals surface area (Å²) in [5.74, 6) is -0.944. The monoisotopic (exact) mass is 601 g/mol. The standard InChI is InChI=1S/C27H24INO5S/c1-18-9-11-22(12-10-18)35(32,33)29-17-23(28)24(20-7-5-4-6-8-20)27(15-13-21(30)14-16-27)25(29)19(2)26(31)34-3/h4-16,25H,2,17H2,1,3H3. The highest BCUT2D eigenvalue weighted by Crippen LogP contribution is 2.53. The van der Waals surface area contributed by atoms with Gasteiger partial charge in [-0.3, -0.25) is 4.79 Å². The van der Waals surface area contributed by atoms with Crippen molar-refractivity contribution in [2.45, 2.75) is 17.9 Å². The van der Waals surface area contributed by atoms with Gasteiger partial charge in [-0.05, 0) is 64.9 Å². The lowest BCUT2D eigenvalue weighted by Crippen LogP contribution is -2.55.